The molecule has 0 atom stereocenters. The highest BCUT2D eigenvalue weighted by Gasteiger charge is 2.27. The fourth-order valence-corrected chi connectivity index (χ4v) is 4.29. The molecule has 0 aliphatic rings. The Labute approximate surface area is 165 Å². The minimum absolute atomic E-state index is 0.0219. The lowest BCUT2D eigenvalue weighted by Gasteiger charge is -2.24. The highest BCUT2D eigenvalue weighted by atomic mass is 35.5. The number of hydrogen-bond donors (Lipinski definition) is 0. The average molecular weight is 411 g/mol. The van der Waals surface area contributed by atoms with Crippen molar-refractivity contribution in [2.75, 3.05) is 27.2 Å². The van der Waals surface area contributed by atoms with E-state index >= 15 is 0 Å². The number of likely N-dealkylation sites (N-methyl/N-ethyl adjacent to an activating group) is 2. The Morgan fingerprint density at radius 3 is 2.37 bits per heavy atom. The number of rotatable bonds is 8. The summed E-state index contributed by atoms with van der Waals surface area (Å²) in [6.45, 7) is 2.02. The summed E-state index contributed by atoms with van der Waals surface area (Å²) < 4.78 is 32.0. The molecule has 2 rings (SSSR count). The third kappa shape index (κ3) is 5.22. The molecular weight excluding hydrogens is 388 g/mol. The molecule has 0 heterocycles. The molecule has 8 heteroatoms. The number of nitrogens with zero attached hydrogens (tertiary/aromatic N) is 2. The van der Waals surface area contributed by atoms with Crippen LogP contribution in [-0.4, -0.2) is 50.8 Å². The highest BCUT2D eigenvalue weighted by molar-refractivity contribution is 7.89. The predicted molar refractivity (Wildman–Crippen MR) is 105 cm³/mol. The van der Waals surface area contributed by atoms with Crippen LogP contribution >= 0.6 is 11.6 Å². The Bertz CT molecular complexity index is 888. The summed E-state index contributed by atoms with van der Waals surface area (Å²) in [7, 11) is -0.748. The van der Waals surface area contributed by atoms with Gasteiger partial charge in [0.05, 0.1) is 23.6 Å². The smallest absolute Gasteiger partial charge is 0.243 e. The van der Waals surface area contributed by atoms with Crippen molar-refractivity contribution in [1.29, 1.82) is 0 Å². The first-order valence-electron chi connectivity index (χ1n) is 8.41. The molecule has 0 unspecified atom stereocenters. The van der Waals surface area contributed by atoms with Gasteiger partial charge in [-0.1, -0.05) is 48.9 Å². The standard InChI is InChI=1S/C19H23ClN2O4S/c1-4-22(14-19(23)21(2)13-15-8-6-5-7-9-15)27(24,25)16-10-11-18(26-3)17(20)12-16/h5-12H,4,13-14H2,1-3H3. The molecule has 0 N–H and O–H groups in total. The van der Waals surface area contributed by atoms with Gasteiger partial charge >= 0.3 is 0 Å². The first-order valence-corrected chi connectivity index (χ1v) is 10.2. The van der Waals surface area contributed by atoms with Gasteiger partial charge in [0.2, 0.25) is 15.9 Å². The van der Waals surface area contributed by atoms with E-state index in [9.17, 15) is 13.2 Å². The Morgan fingerprint density at radius 2 is 1.81 bits per heavy atom. The molecule has 0 bridgehead atoms. The van der Waals surface area contributed by atoms with Gasteiger partial charge in [-0.3, -0.25) is 4.79 Å². The minimum atomic E-state index is -3.85. The topological polar surface area (TPSA) is 66.9 Å². The van der Waals surface area contributed by atoms with Crippen molar-refractivity contribution in [3.63, 3.8) is 0 Å². The molecule has 2 aromatic carbocycles. The minimum Gasteiger partial charge on any atom is -0.495 e. The van der Waals surface area contributed by atoms with Gasteiger partial charge in [0, 0.05) is 20.1 Å². The van der Waals surface area contributed by atoms with Crippen LogP contribution in [0.3, 0.4) is 0 Å². The van der Waals surface area contributed by atoms with Crippen LogP contribution in [0.25, 0.3) is 0 Å². The van der Waals surface area contributed by atoms with Crippen molar-refractivity contribution in [2.24, 2.45) is 0 Å². The van der Waals surface area contributed by atoms with E-state index in [-0.39, 0.29) is 28.9 Å². The fourth-order valence-electron chi connectivity index (χ4n) is 2.54. The van der Waals surface area contributed by atoms with Gasteiger partial charge < -0.3 is 9.64 Å². The molecule has 0 fully saturated rings. The molecule has 0 aliphatic carbocycles. The first kappa shape index (κ1) is 21.2. The third-order valence-electron chi connectivity index (χ3n) is 4.11. The number of amides is 1. The first-order chi connectivity index (χ1) is 12.8. The second kappa shape index (κ2) is 9.21. The summed E-state index contributed by atoms with van der Waals surface area (Å²) in [5, 5.41) is 0.196. The van der Waals surface area contributed by atoms with Crippen molar-refractivity contribution in [3.8, 4) is 5.75 Å². The van der Waals surface area contributed by atoms with E-state index in [0.717, 1.165) is 9.87 Å². The lowest BCUT2D eigenvalue weighted by atomic mass is 10.2. The van der Waals surface area contributed by atoms with Crippen LogP contribution in [0.1, 0.15) is 12.5 Å². The highest BCUT2D eigenvalue weighted by Crippen LogP contribution is 2.28. The van der Waals surface area contributed by atoms with Gasteiger partial charge in [-0.05, 0) is 23.8 Å². The quantitative estimate of drug-likeness (QED) is 0.670. The summed E-state index contributed by atoms with van der Waals surface area (Å²) in [6, 6.07) is 13.8. The summed E-state index contributed by atoms with van der Waals surface area (Å²) >= 11 is 6.05. The molecule has 1 amide bonds. The number of ether oxygens (including phenoxy) is 1. The Morgan fingerprint density at radius 1 is 1.15 bits per heavy atom. The van der Waals surface area contributed by atoms with Crippen LogP contribution in [0.2, 0.25) is 5.02 Å². The third-order valence-corrected chi connectivity index (χ3v) is 6.33. The van der Waals surface area contributed by atoms with E-state index in [4.69, 9.17) is 16.3 Å². The lowest BCUT2D eigenvalue weighted by Crippen LogP contribution is -2.41. The van der Waals surface area contributed by atoms with Crippen molar-refractivity contribution >= 4 is 27.5 Å². The van der Waals surface area contributed by atoms with Crippen molar-refractivity contribution in [1.82, 2.24) is 9.21 Å². The number of methoxy groups -OCH3 is 1. The van der Waals surface area contributed by atoms with Crippen LogP contribution in [0.5, 0.6) is 5.75 Å². The number of benzene rings is 2. The zero-order valence-corrected chi connectivity index (χ0v) is 17.1. The Hall–Kier alpha value is -2.09. The van der Waals surface area contributed by atoms with Crippen molar-refractivity contribution in [2.45, 2.75) is 18.4 Å². The van der Waals surface area contributed by atoms with E-state index in [0.29, 0.717) is 12.3 Å². The largest absolute Gasteiger partial charge is 0.495 e. The van der Waals surface area contributed by atoms with Gasteiger partial charge in [0.25, 0.3) is 0 Å². The van der Waals surface area contributed by atoms with E-state index in [1.54, 1.807) is 14.0 Å². The fraction of sp³-hybridized carbons (Fsp3) is 0.316. The van der Waals surface area contributed by atoms with Gasteiger partial charge in [-0.25, -0.2) is 8.42 Å². The van der Waals surface area contributed by atoms with E-state index in [2.05, 4.69) is 0 Å². The van der Waals surface area contributed by atoms with Gasteiger partial charge in [0.15, 0.2) is 0 Å². The lowest BCUT2D eigenvalue weighted by molar-refractivity contribution is -0.130. The summed E-state index contributed by atoms with van der Waals surface area (Å²) in [4.78, 5) is 14.1. The maximum atomic E-state index is 12.9. The molecule has 0 aliphatic heterocycles. The number of carbonyl (C=O) groups excluding carboxylic acids is 1. The summed E-state index contributed by atoms with van der Waals surface area (Å²) in [6.07, 6.45) is 0. The predicted octanol–water partition coefficient (Wildman–Crippen LogP) is 3.02. The zero-order valence-electron chi connectivity index (χ0n) is 15.6. The summed E-state index contributed by atoms with van der Waals surface area (Å²) in [5.74, 6) is 0.0984. The average Bonchev–Trinajstić information content (AvgIpc) is 2.66. The molecule has 0 saturated heterocycles. The van der Waals surface area contributed by atoms with Gasteiger partial charge in [-0.15, -0.1) is 0 Å². The molecule has 146 valence electrons. The monoisotopic (exact) mass is 410 g/mol. The van der Waals surface area contributed by atoms with Crippen LogP contribution in [0.15, 0.2) is 53.4 Å². The Kier molecular flexibility index (Phi) is 7.24. The van der Waals surface area contributed by atoms with Crippen LogP contribution in [0.4, 0.5) is 0 Å². The zero-order chi connectivity index (χ0) is 20.0. The molecule has 0 saturated carbocycles. The molecule has 27 heavy (non-hydrogen) atoms. The van der Waals surface area contributed by atoms with Crippen LogP contribution in [-0.2, 0) is 21.4 Å². The van der Waals surface area contributed by atoms with Crippen LogP contribution < -0.4 is 4.74 Å². The normalized spacial score (nSPS) is 11.4. The second-order valence-corrected chi connectivity index (χ2v) is 8.31. The van der Waals surface area contributed by atoms with Gasteiger partial charge in [0.1, 0.15) is 5.75 Å². The molecule has 6 nitrogen and oxygen atoms in total. The number of carbonyl (C=O) groups is 1. The maximum absolute atomic E-state index is 12.9. The molecule has 0 radical (unpaired) electrons. The van der Waals surface area contributed by atoms with Gasteiger partial charge in [-0.2, -0.15) is 4.31 Å². The molecule has 0 spiro atoms. The number of halogens is 1. The number of sulfonamides is 1. The maximum Gasteiger partial charge on any atom is 0.243 e. The SMILES string of the molecule is CCN(CC(=O)N(C)Cc1ccccc1)S(=O)(=O)c1ccc(OC)c(Cl)c1. The molecule has 0 aromatic heterocycles. The summed E-state index contributed by atoms with van der Waals surface area (Å²) in [5.41, 5.74) is 0.973. The molecule has 2 aromatic rings. The van der Waals surface area contributed by atoms with Crippen molar-refractivity contribution in [3.05, 3.63) is 59.1 Å². The van der Waals surface area contributed by atoms with Crippen LogP contribution in [0, 0.1) is 0 Å². The Balaban J connectivity index is 2.15. The van der Waals surface area contributed by atoms with E-state index in [1.165, 1.54) is 30.2 Å². The van der Waals surface area contributed by atoms with Crippen molar-refractivity contribution < 1.29 is 17.9 Å². The number of hydrogen-bond acceptors (Lipinski definition) is 4. The second-order valence-electron chi connectivity index (χ2n) is 5.96. The van der Waals surface area contributed by atoms with E-state index in [1.807, 2.05) is 30.3 Å². The molecular formula is C19H23ClN2O4S. The van der Waals surface area contributed by atoms with E-state index < -0.39 is 10.0 Å².